The van der Waals surface area contributed by atoms with Gasteiger partial charge in [-0.2, -0.15) is 0 Å². The molecule has 1 aliphatic rings. The molecule has 1 N–H and O–H groups in total. The number of aliphatic hydroxyl groups is 1. The molecule has 0 unspecified atom stereocenters. The van der Waals surface area contributed by atoms with Crippen molar-refractivity contribution in [3.63, 3.8) is 0 Å². The van der Waals surface area contributed by atoms with E-state index in [0.29, 0.717) is 19.6 Å². The second-order valence-electron chi connectivity index (χ2n) is 4.96. The molecule has 108 valence electrons. The third-order valence-electron chi connectivity index (χ3n) is 3.61. The van der Waals surface area contributed by atoms with Crippen molar-refractivity contribution in [1.82, 2.24) is 0 Å². The summed E-state index contributed by atoms with van der Waals surface area (Å²) in [6, 6.07) is 9.92. The highest BCUT2D eigenvalue weighted by molar-refractivity contribution is 5.74. The number of esters is 1. The average molecular weight is 276 g/mol. The van der Waals surface area contributed by atoms with Crippen molar-refractivity contribution in [2.24, 2.45) is 11.8 Å². The van der Waals surface area contributed by atoms with Gasteiger partial charge in [0, 0.05) is 11.8 Å². The fourth-order valence-electron chi connectivity index (χ4n) is 2.45. The first-order valence-electron chi connectivity index (χ1n) is 6.76. The van der Waals surface area contributed by atoms with E-state index in [1.807, 2.05) is 42.5 Å². The Balaban J connectivity index is 1.82. The van der Waals surface area contributed by atoms with E-state index < -0.39 is 12.1 Å². The van der Waals surface area contributed by atoms with Gasteiger partial charge in [-0.25, -0.2) is 4.79 Å². The van der Waals surface area contributed by atoms with Crippen LogP contribution in [-0.2, 0) is 20.9 Å². The van der Waals surface area contributed by atoms with Crippen LogP contribution in [0.4, 0.5) is 0 Å². The molecule has 0 bridgehead atoms. The van der Waals surface area contributed by atoms with Crippen molar-refractivity contribution in [1.29, 1.82) is 0 Å². The number of carbonyl (C=O) groups is 1. The Morgan fingerprint density at radius 2 is 2.15 bits per heavy atom. The summed E-state index contributed by atoms with van der Waals surface area (Å²) in [5.41, 5.74) is 1.11. The van der Waals surface area contributed by atoms with Crippen LogP contribution in [0.15, 0.2) is 42.5 Å². The Morgan fingerprint density at radius 3 is 2.85 bits per heavy atom. The summed E-state index contributed by atoms with van der Waals surface area (Å²) < 4.78 is 10.3. The van der Waals surface area contributed by atoms with Gasteiger partial charge in [0.2, 0.25) is 0 Å². The number of carbonyl (C=O) groups excluding carboxylic acids is 1. The molecule has 0 fully saturated rings. The molecule has 0 aliphatic heterocycles. The van der Waals surface area contributed by atoms with E-state index in [-0.39, 0.29) is 11.8 Å². The van der Waals surface area contributed by atoms with Gasteiger partial charge in [0.05, 0.1) is 20.3 Å². The molecule has 2 rings (SSSR count). The molecule has 4 nitrogen and oxygen atoms in total. The van der Waals surface area contributed by atoms with Gasteiger partial charge in [-0.3, -0.25) is 0 Å². The Kier molecular flexibility index (Phi) is 5.32. The Bertz CT molecular complexity index is 455. The van der Waals surface area contributed by atoms with Gasteiger partial charge in [-0.15, -0.1) is 0 Å². The number of benzene rings is 1. The van der Waals surface area contributed by atoms with Crippen molar-refractivity contribution in [2.45, 2.75) is 19.1 Å². The molecular weight excluding hydrogens is 256 g/mol. The maximum Gasteiger partial charge on any atom is 0.335 e. The van der Waals surface area contributed by atoms with Crippen LogP contribution >= 0.6 is 0 Å². The predicted molar refractivity (Wildman–Crippen MR) is 74.9 cm³/mol. The molecule has 20 heavy (non-hydrogen) atoms. The molecule has 0 saturated heterocycles. The highest BCUT2D eigenvalue weighted by Crippen LogP contribution is 2.29. The summed E-state index contributed by atoms with van der Waals surface area (Å²) in [6.45, 7) is 1.02. The van der Waals surface area contributed by atoms with Crippen molar-refractivity contribution in [3.8, 4) is 0 Å². The second-order valence-corrected chi connectivity index (χ2v) is 4.96. The standard InChI is InChI=1S/C16H20O4/c1-19-16(18)15(17)14-9-5-8-13(14)11-20-10-12-6-3-2-4-7-12/h2-8,13-15,17H,9-11H2,1H3/t13-,14+,15+/m0/s1. The Labute approximate surface area is 119 Å². The minimum atomic E-state index is -1.08. The van der Waals surface area contributed by atoms with E-state index in [2.05, 4.69) is 4.74 Å². The molecule has 0 radical (unpaired) electrons. The number of allylic oxidation sites excluding steroid dienone is 1. The predicted octanol–water partition coefficient (Wildman–Crippen LogP) is 1.93. The second kappa shape index (κ2) is 7.22. The third kappa shape index (κ3) is 3.68. The minimum absolute atomic E-state index is 0.0489. The number of hydrogen-bond donors (Lipinski definition) is 1. The van der Waals surface area contributed by atoms with Crippen LogP contribution in [0.2, 0.25) is 0 Å². The zero-order valence-electron chi connectivity index (χ0n) is 11.6. The molecule has 0 amide bonds. The zero-order chi connectivity index (χ0) is 14.4. The van der Waals surface area contributed by atoms with Gasteiger partial charge in [0.1, 0.15) is 0 Å². The molecule has 0 saturated carbocycles. The molecule has 1 aliphatic carbocycles. The lowest BCUT2D eigenvalue weighted by Gasteiger charge is -2.22. The van der Waals surface area contributed by atoms with Crippen LogP contribution in [0.1, 0.15) is 12.0 Å². The van der Waals surface area contributed by atoms with Gasteiger partial charge in [0.25, 0.3) is 0 Å². The summed E-state index contributed by atoms with van der Waals surface area (Å²) in [4.78, 5) is 11.4. The molecule has 4 heteroatoms. The molecular formula is C16H20O4. The first-order chi connectivity index (χ1) is 9.72. The smallest absolute Gasteiger partial charge is 0.335 e. The number of ether oxygens (including phenoxy) is 2. The maximum absolute atomic E-state index is 11.4. The lowest BCUT2D eigenvalue weighted by atomic mass is 9.90. The summed E-state index contributed by atoms with van der Waals surface area (Å²) in [5, 5.41) is 9.93. The van der Waals surface area contributed by atoms with Crippen LogP contribution in [0, 0.1) is 11.8 Å². The quantitative estimate of drug-likeness (QED) is 0.637. The van der Waals surface area contributed by atoms with Crippen molar-refractivity contribution < 1.29 is 19.4 Å². The van der Waals surface area contributed by atoms with E-state index in [1.54, 1.807) is 0 Å². The maximum atomic E-state index is 11.4. The van der Waals surface area contributed by atoms with Gasteiger partial charge in [0.15, 0.2) is 6.10 Å². The van der Waals surface area contributed by atoms with Crippen molar-refractivity contribution >= 4 is 5.97 Å². The van der Waals surface area contributed by atoms with Crippen LogP contribution in [0.5, 0.6) is 0 Å². The highest BCUT2D eigenvalue weighted by Gasteiger charge is 2.34. The molecule has 0 aromatic heterocycles. The summed E-state index contributed by atoms with van der Waals surface area (Å²) in [6.07, 6.45) is 3.57. The van der Waals surface area contributed by atoms with Gasteiger partial charge in [-0.05, 0) is 12.0 Å². The monoisotopic (exact) mass is 276 g/mol. The first kappa shape index (κ1) is 14.8. The van der Waals surface area contributed by atoms with Crippen LogP contribution < -0.4 is 0 Å². The van der Waals surface area contributed by atoms with E-state index in [4.69, 9.17) is 4.74 Å². The van der Waals surface area contributed by atoms with E-state index in [1.165, 1.54) is 7.11 Å². The number of rotatable bonds is 6. The lowest BCUT2D eigenvalue weighted by molar-refractivity contribution is -0.154. The first-order valence-corrected chi connectivity index (χ1v) is 6.76. The Hall–Kier alpha value is -1.65. The van der Waals surface area contributed by atoms with Crippen LogP contribution in [0.3, 0.4) is 0 Å². The topological polar surface area (TPSA) is 55.8 Å². The summed E-state index contributed by atoms with van der Waals surface area (Å²) in [5.74, 6) is -0.683. The minimum Gasteiger partial charge on any atom is -0.467 e. The van der Waals surface area contributed by atoms with E-state index >= 15 is 0 Å². The van der Waals surface area contributed by atoms with Crippen molar-refractivity contribution in [2.75, 3.05) is 13.7 Å². The number of hydrogen-bond acceptors (Lipinski definition) is 4. The Morgan fingerprint density at radius 1 is 1.40 bits per heavy atom. The zero-order valence-corrected chi connectivity index (χ0v) is 11.6. The van der Waals surface area contributed by atoms with E-state index in [0.717, 1.165) is 5.56 Å². The molecule has 0 spiro atoms. The highest BCUT2D eigenvalue weighted by atomic mass is 16.5. The third-order valence-corrected chi connectivity index (χ3v) is 3.61. The summed E-state index contributed by atoms with van der Waals surface area (Å²) in [7, 11) is 1.29. The van der Waals surface area contributed by atoms with Crippen molar-refractivity contribution in [3.05, 3.63) is 48.0 Å². The van der Waals surface area contributed by atoms with E-state index in [9.17, 15) is 9.90 Å². The normalized spacial score (nSPS) is 22.7. The molecule has 1 aromatic rings. The molecule has 0 heterocycles. The summed E-state index contributed by atoms with van der Waals surface area (Å²) >= 11 is 0. The molecule has 1 aromatic carbocycles. The van der Waals surface area contributed by atoms with Gasteiger partial charge < -0.3 is 14.6 Å². The molecule has 3 atom stereocenters. The number of aliphatic hydroxyl groups excluding tert-OH is 1. The lowest BCUT2D eigenvalue weighted by Crippen LogP contribution is -2.34. The van der Waals surface area contributed by atoms with Gasteiger partial charge >= 0.3 is 5.97 Å². The average Bonchev–Trinajstić information content (AvgIpc) is 2.95. The fraction of sp³-hybridized carbons (Fsp3) is 0.438. The fourth-order valence-corrected chi connectivity index (χ4v) is 2.45. The van der Waals surface area contributed by atoms with Crippen LogP contribution in [-0.4, -0.2) is 30.9 Å². The largest absolute Gasteiger partial charge is 0.467 e. The number of methoxy groups -OCH3 is 1. The van der Waals surface area contributed by atoms with Gasteiger partial charge in [-0.1, -0.05) is 42.5 Å². The SMILES string of the molecule is COC(=O)[C@H](O)[C@@H]1CC=C[C@H]1COCc1ccccc1. The van der Waals surface area contributed by atoms with Crippen LogP contribution in [0.25, 0.3) is 0 Å².